The second-order valence-corrected chi connectivity index (χ2v) is 10.8. The van der Waals surface area contributed by atoms with Crippen LogP contribution in [0.25, 0.3) is 44.8 Å². The van der Waals surface area contributed by atoms with Gasteiger partial charge in [-0.05, 0) is 96.8 Å². The molecular weight excluding hydrogens is 615 g/mol. The molecule has 11 heteroatoms. The van der Waals surface area contributed by atoms with Crippen LogP contribution in [-0.2, 0) is 22.6 Å². The standard InChI is InChI=1S/C17H16FN3O.C16H14FN3O.C4H8O/c1-22-11-10-21-12-16(13-6-8-19-9-7-13)17(20-21)14-2-4-15(18)5-3-14;17-14-3-1-13(2-4-14)16-15(11-20(19-16)9-10-21)12-5-7-18-8-6-12;1-2-4-5-3-1/h2-9,12H,10-11H2,1H3;1-8,11,21H,9-10H2;1-4H2/i1+1;;. The number of hydrogen-bond donors (Lipinski definition) is 1. The van der Waals surface area contributed by atoms with E-state index in [1.54, 1.807) is 60.8 Å². The molecule has 2 aromatic carbocycles. The summed E-state index contributed by atoms with van der Waals surface area (Å²) in [6.07, 6.45) is 13.3. The van der Waals surface area contributed by atoms with E-state index < -0.39 is 0 Å². The fourth-order valence-electron chi connectivity index (χ4n) is 5.00. The van der Waals surface area contributed by atoms with Gasteiger partial charge in [0.1, 0.15) is 23.0 Å². The average molecular weight is 654 g/mol. The Bertz CT molecular complexity index is 1800. The molecule has 0 spiro atoms. The molecule has 48 heavy (non-hydrogen) atoms. The average Bonchev–Trinajstić information content (AvgIpc) is 3.93. The van der Waals surface area contributed by atoms with Gasteiger partial charge in [0.25, 0.3) is 0 Å². The summed E-state index contributed by atoms with van der Waals surface area (Å²) < 4.78 is 39.8. The molecule has 0 atom stereocenters. The highest BCUT2D eigenvalue weighted by Gasteiger charge is 2.14. The zero-order chi connectivity index (χ0) is 33.6. The van der Waals surface area contributed by atoms with Gasteiger partial charge in [-0.3, -0.25) is 19.3 Å². The Morgan fingerprint density at radius 2 is 1.08 bits per heavy atom. The number of benzene rings is 2. The molecule has 0 amide bonds. The molecule has 0 bridgehead atoms. The topological polar surface area (TPSA) is 100 Å². The van der Waals surface area contributed by atoms with Crippen molar-refractivity contribution < 1.29 is 23.4 Å². The van der Waals surface area contributed by atoms with Crippen LogP contribution in [0.1, 0.15) is 12.8 Å². The normalized spacial score (nSPS) is 12.2. The Hall–Kier alpha value is -5.10. The van der Waals surface area contributed by atoms with Crippen LogP contribution in [0.4, 0.5) is 8.78 Å². The van der Waals surface area contributed by atoms with Gasteiger partial charge in [0.2, 0.25) is 0 Å². The summed E-state index contributed by atoms with van der Waals surface area (Å²) in [5.74, 6) is -0.535. The highest BCUT2D eigenvalue weighted by molar-refractivity contribution is 5.81. The monoisotopic (exact) mass is 653 g/mol. The lowest BCUT2D eigenvalue weighted by atomic mass is 10.0. The van der Waals surface area contributed by atoms with Crippen molar-refractivity contribution in [3.05, 3.63) is 122 Å². The van der Waals surface area contributed by atoms with Gasteiger partial charge in [0, 0.05) is 79.8 Å². The summed E-state index contributed by atoms with van der Waals surface area (Å²) in [5, 5.41) is 18.2. The van der Waals surface area contributed by atoms with Crippen molar-refractivity contribution in [3.8, 4) is 44.8 Å². The zero-order valence-corrected chi connectivity index (χ0v) is 26.8. The molecule has 5 heterocycles. The van der Waals surface area contributed by atoms with E-state index in [4.69, 9.17) is 14.6 Å². The zero-order valence-electron chi connectivity index (χ0n) is 26.8. The molecule has 4 aromatic heterocycles. The van der Waals surface area contributed by atoms with E-state index in [1.807, 2.05) is 41.3 Å². The molecule has 248 valence electrons. The number of ether oxygens (including phenoxy) is 2. The minimum absolute atomic E-state index is 0.0142. The fourth-order valence-corrected chi connectivity index (χ4v) is 5.00. The molecule has 1 aliphatic heterocycles. The van der Waals surface area contributed by atoms with Gasteiger partial charge in [0.15, 0.2) is 0 Å². The van der Waals surface area contributed by atoms with Gasteiger partial charge in [-0.15, -0.1) is 0 Å². The van der Waals surface area contributed by atoms with Gasteiger partial charge < -0.3 is 14.6 Å². The summed E-state index contributed by atoms with van der Waals surface area (Å²) in [7, 11) is 1.66. The van der Waals surface area contributed by atoms with Crippen molar-refractivity contribution in [2.24, 2.45) is 0 Å². The lowest BCUT2D eigenvalue weighted by molar-refractivity contribution is 0.183. The summed E-state index contributed by atoms with van der Waals surface area (Å²) >= 11 is 0. The van der Waals surface area contributed by atoms with E-state index >= 15 is 0 Å². The number of aliphatic hydroxyl groups is 1. The highest BCUT2D eigenvalue weighted by atomic mass is 19.1. The van der Waals surface area contributed by atoms with Crippen molar-refractivity contribution in [1.29, 1.82) is 0 Å². The summed E-state index contributed by atoms with van der Waals surface area (Å²) in [4.78, 5) is 8.06. The molecule has 0 saturated carbocycles. The van der Waals surface area contributed by atoms with Crippen molar-refractivity contribution >= 4 is 0 Å². The molecule has 7 rings (SSSR count). The van der Waals surface area contributed by atoms with E-state index in [9.17, 15) is 8.78 Å². The number of nitrogens with zero attached hydrogens (tertiary/aromatic N) is 6. The number of halogens is 2. The van der Waals surface area contributed by atoms with Crippen LogP contribution in [0.2, 0.25) is 0 Å². The van der Waals surface area contributed by atoms with Crippen LogP contribution in [0.5, 0.6) is 0 Å². The third kappa shape index (κ3) is 9.47. The van der Waals surface area contributed by atoms with Crippen LogP contribution >= 0.6 is 0 Å². The maximum atomic E-state index is 13.1. The fraction of sp³-hybridized carbons (Fsp3) is 0.243. The van der Waals surface area contributed by atoms with E-state index in [0.717, 1.165) is 58.0 Å². The Labute approximate surface area is 278 Å². The Balaban J connectivity index is 0.000000164. The minimum atomic E-state index is -0.279. The van der Waals surface area contributed by atoms with Crippen LogP contribution in [0.3, 0.4) is 0 Å². The minimum Gasteiger partial charge on any atom is -0.394 e. The van der Waals surface area contributed by atoms with Gasteiger partial charge in [-0.25, -0.2) is 8.78 Å². The maximum absolute atomic E-state index is 13.1. The molecule has 0 radical (unpaired) electrons. The Kier molecular flexibility index (Phi) is 12.6. The number of methoxy groups -OCH3 is 1. The predicted octanol–water partition coefficient (Wildman–Crippen LogP) is 6.94. The smallest absolute Gasteiger partial charge is 0.123 e. The predicted molar refractivity (Wildman–Crippen MR) is 181 cm³/mol. The van der Waals surface area contributed by atoms with Gasteiger partial charge >= 0.3 is 0 Å². The van der Waals surface area contributed by atoms with E-state index in [2.05, 4.69) is 20.2 Å². The summed E-state index contributed by atoms with van der Waals surface area (Å²) in [6, 6.07) is 20.3. The molecule has 0 aliphatic carbocycles. The quantitative estimate of drug-likeness (QED) is 0.169. The molecule has 1 saturated heterocycles. The van der Waals surface area contributed by atoms with Crippen molar-refractivity contribution in [2.75, 3.05) is 33.5 Å². The van der Waals surface area contributed by atoms with Crippen molar-refractivity contribution in [2.45, 2.75) is 25.9 Å². The van der Waals surface area contributed by atoms with Crippen LogP contribution in [-0.4, -0.2) is 68.2 Å². The molecular formula is C37H38F2N6O3. The first-order valence-electron chi connectivity index (χ1n) is 15.7. The lowest BCUT2D eigenvalue weighted by Crippen LogP contribution is -2.04. The number of hydrogen-bond acceptors (Lipinski definition) is 7. The van der Waals surface area contributed by atoms with E-state index in [1.165, 1.54) is 37.1 Å². The molecule has 9 nitrogen and oxygen atoms in total. The first kappa shape index (κ1) is 34.2. The number of aromatic nitrogens is 6. The van der Waals surface area contributed by atoms with Gasteiger partial charge in [0.05, 0.1) is 26.3 Å². The second kappa shape index (κ2) is 17.7. The number of pyridine rings is 2. The van der Waals surface area contributed by atoms with E-state index in [0.29, 0.717) is 19.7 Å². The molecule has 6 aromatic rings. The maximum Gasteiger partial charge on any atom is 0.123 e. The summed E-state index contributed by atoms with van der Waals surface area (Å²) in [5.41, 5.74) is 7.22. The molecule has 0 unspecified atom stereocenters. The summed E-state index contributed by atoms with van der Waals surface area (Å²) in [6.45, 7) is 3.68. The molecule has 1 aliphatic rings. The van der Waals surface area contributed by atoms with Gasteiger partial charge in [-0.2, -0.15) is 10.2 Å². The van der Waals surface area contributed by atoms with Crippen molar-refractivity contribution in [3.63, 3.8) is 0 Å². The Morgan fingerprint density at radius 1 is 0.646 bits per heavy atom. The largest absolute Gasteiger partial charge is 0.394 e. The van der Waals surface area contributed by atoms with Crippen LogP contribution < -0.4 is 0 Å². The first-order chi connectivity index (χ1) is 23.6. The Morgan fingerprint density at radius 3 is 1.46 bits per heavy atom. The lowest BCUT2D eigenvalue weighted by Gasteiger charge is -2.02. The first-order valence-corrected chi connectivity index (χ1v) is 15.7. The third-order valence-electron chi connectivity index (χ3n) is 7.42. The molecule has 1 N–H and O–H groups in total. The van der Waals surface area contributed by atoms with Crippen LogP contribution in [0.15, 0.2) is 110 Å². The van der Waals surface area contributed by atoms with Gasteiger partial charge in [-0.1, -0.05) is 0 Å². The van der Waals surface area contributed by atoms with E-state index in [-0.39, 0.29) is 18.2 Å². The third-order valence-corrected chi connectivity index (χ3v) is 7.42. The number of rotatable bonds is 9. The second-order valence-electron chi connectivity index (χ2n) is 10.8. The van der Waals surface area contributed by atoms with Crippen molar-refractivity contribution in [1.82, 2.24) is 29.5 Å². The highest BCUT2D eigenvalue weighted by Crippen LogP contribution is 2.32. The molecule has 1 fully saturated rings. The SMILES string of the molecule is C1CCOC1.OCCn1cc(-c2ccncc2)c(-c2ccc(F)cc2)n1.[13CH3]OCCn1cc(-c2ccncc2)c(-c2ccc(F)cc2)n1. The van der Waals surface area contributed by atoms with Crippen LogP contribution in [0, 0.1) is 11.6 Å². The number of aliphatic hydroxyl groups excluding tert-OH is 1.